The van der Waals surface area contributed by atoms with Crippen LogP contribution in [0.1, 0.15) is 42.0 Å². The van der Waals surface area contributed by atoms with Crippen molar-refractivity contribution >= 4 is 17.4 Å². The molecule has 0 amide bonds. The van der Waals surface area contributed by atoms with Gasteiger partial charge in [0.05, 0.1) is 0 Å². The molecule has 0 aromatic carbocycles. The zero-order valence-electron chi connectivity index (χ0n) is 10.1. The van der Waals surface area contributed by atoms with Crippen LogP contribution < -0.4 is 0 Å². The number of thiophene rings is 1. The van der Waals surface area contributed by atoms with Crippen LogP contribution in [0.25, 0.3) is 6.08 Å². The Kier molecular flexibility index (Phi) is 4.83. The first-order chi connectivity index (χ1) is 7.17. The van der Waals surface area contributed by atoms with Crippen molar-refractivity contribution in [1.29, 1.82) is 0 Å². The average Bonchev–Trinajstić information content (AvgIpc) is 2.52. The van der Waals surface area contributed by atoms with E-state index in [-0.39, 0.29) is 0 Å². The van der Waals surface area contributed by atoms with Gasteiger partial charge >= 0.3 is 0 Å². The molecule has 1 aromatic rings. The summed E-state index contributed by atoms with van der Waals surface area (Å²) in [6.07, 6.45) is 8.99. The summed E-state index contributed by atoms with van der Waals surface area (Å²) in [5.74, 6) is 0. The fourth-order valence-electron chi connectivity index (χ4n) is 1.61. The second-order valence-electron chi connectivity index (χ2n) is 3.81. The Morgan fingerprint density at radius 2 is 2.13 bits per heavy atom. The molecule has 1 rings (SSSR count). The lowest BCUT2D eigenvalue weighted by atomic mass is 10.1. The van der Waals surface area contributed by atoms with Crippen molar-refractivity contribution in [2.24, 2.45) is 0 Å². The Morgan fingerprint density at radius 3 is 2.60 bits per heavy atom. The minimum absolute atomic E-state index is 1.09. The second kappa shape index (κ2) is 5.92. The van der Waals surface area contributed by atoms with Crippen molar-refractivity contribution in [3.63, 3.8) is 0 Å². The van der Waals surface area contributed by atoms with Crippen LogP contribution in [0.3, 0.4) is 0 Å². The molecule has 1 aromatic heterocycles. The number of rotatable bonds is 4. The molecule has 0 atom stereocenters. The summed E-state index contributed by atoms with van der Waals surface area (Å²) in [6, 6.07) is 2.25. The van der Waals surface area contributed by atoms with Gasteiger partial charge in [0.2, 0.25) is 0 Å². The van der Waals surface area contributed by atoms with E-state index in [0.29, 0.717) is 0 Å². The molecule has 82 valence electrons. The molecule has 0 unspecified atom stereocenters. The van der Waals surface area contributed by atoms with E-state index in [2.05, 4.69) is 52.0 Å². The monoisotopic (exact) mass is 220 g/mol. The maximum absolute atomic E-state index is 2.27. The standard InChI is InChI=1S/C14H20S/c1-5-13(6-2)8-7-9-14-11(3)10-12(4)15-14/h5,7,9-10H,6,8H2,1-4H3/b9-7?,13-5-. The van der Waals surface area contributed by atoms with Crippen LogP contribution in [0.15, 0.2) is 23.8 Å². The van der Waals surface area contributed by atoms with Crippen LogP contribution in [-0.4, -0.2) is 0 Å². The molecule has 15 heavy (non-hydrogen) atoms. The molecule has 0 saturated heterocycles. The Labute approximate surface area is 97.3 Å². The fraction of sp³-hybridized carbons (Fsp3) is 0.429. The molecule has 0 saturated carbocycles. The lowest BCUT2D eigenvalue weighted by Crippen LogP contribution is -1.76. The molecule has 0 nitrogen and oxygen atoms in total. The first-order valence-corrected chi connectivity index (χ1v) is 6.36. The van der Waals surface area contributed by atoms with Crippen molar-refractivity contribution in [1.82, 2.24) is 0 Å². The SMILES string of the molecule is C/C=C(/CC)CC=Cc1sc(C)cc1C. The van der Waals surface area contributed by atoms with Gasteiger partial charge in [-0.2, -0.15) is 0 Å². The lowest BCUT2D eigenvalue weighted by molar-refractivity contribution is 1.03. The highest BCUT2D eigenvalue weighted by Gasteiger charge is 1.98. The molecule has 0 spiro atoms. The summed E-state index contributed by atoms with van der Waals surface area (Å²) in [7, 11) is 0. The molecule has 0 N–H and O–H groups in total. The van der Waals surface area contributed by atoms with Gasteiger partial charge in [0, 0.05) is 9.75 Å². The van der Waals surface area contributed by atoms with Crippen molar-refractivity contribution in [2.45, 2.75) is 40.5 Å². The number of allylic oxidation sites excluding steroid dienone is 3. The van der Waals surface area contributed by atoms with E-state index < -0.39 is 0 Å². The van der Waals surface area contributed by atoms with Gasteiger partial charge in [-0.15, -0.1) is 11.3 Å². The normalized spacial score (nSPS) is 12.7. The van der Waals surface area contributed by atoms with E-state index >= 15 is 0 Å². The third-order valence-electron chi connectivity index (χ3n) is 2.59. The first kappa shape index (κ1) is 12.3. The van der Waals surface area contributed by atoms with Crippen molar-refractivity contribution < 1.29 is 0 Å². The molecule has 0 bridgehead atoms. The van der Waals surface area contributed by atoms with Crippen LogP contribution in [0, 0.1) is 13.8 Å². The summed E-state index contributed by atoms with van der Waals surface area (Å²) < 4.78 is 0. The Morgan fingerprint density at radius 1 is 1.40 bits per heavy atom. The minimum atomic E-state index is 1.09. The van der Waals surface area contributed by atoms with Crippen LogP contribution >= 0.6 is 11.3 Å². The van der Waals surface area contributed by atoms with Gasteiger partial charge in [0.1, 0.15) is 0 Å². The Balaban J connectivity index is 2.62. The van der Waals surface area contributed by atoms with Crippen LogP contribution in [0.4, 0.5) is 0 Å². The summed E-state index contributed by atoms with van der Waals surface area (Å²) >= 11 is 1.87. The van der Waals surface area contributed by atoms with Crippen molar-refractivity contribution in [3.05, 3.63) is 39.1 Å². The van der Waals surface area contributed by atoms with E-state index in [1.807, 2.05) is 11.3 Å². The first-order valence-electron chi connectivity index (χ1n) is 5.55. The molecular weight excluding hydrogens is 200 g/mol. The van der Waals surface area contributed by atoms with E-state index in [1.165, 1.54) is 20.9 Å². The van der Waals surface area contributed by atoms with Gasteiger partial charge < -0.3 is 0 Å². The smallest absolute Gasteiger partial charge is 0.0299 e. The van der Waals surface area contributed by atoms with E-state index in [9.17, 15) is 0 Å². The summed E-state index contributed by atoms with van der Waals surface area (Å²) in [5.41, 5.74) is 2.91. The molecule has 0 fully saturated rings. The van der Waals surface area contributed by atoms with Gasteiger partial charge in [0.15, 0.2) is 0 Å². The number of hydrogen-bond donors (Lipinski definition) is 0. The fourth-order valence-corrected chi connectivity index (χ4v) is 2.58. The van der Waals surface area contributed by atoms with E-state index in [4.69, 9.17) is 0 Å². The molecule has 0 aliphatic heterocycles. The predicted octanol–water partition coefficient (Wildman–Crippen LogP) is 5.12. The summed E-state index contributed by atoms with van der Waals surface area (Å²) in [6.45, 7) is 8.68. The zero-order chi connectivity index (χ0) is 11.3. The van der Waals surface area contributed by atoms with Crippen LogP contribution in [-0.2, 0) is 0 Å². The highest BCUT2D eigenvalue weighted by atomic mass is 32.1. The highest BCUT2D eigenvalue weighted by Crippen LogP contribution is 2.22. The number of aryl methyl sites for hydroxylation is 2. The molecule has 1 heterocycles. The average molecular weight is 220 g/mol. The van der Waals surface area contributed by atoms with E-state index in [0.717, 1.165) is 12.8 Å². The Bertz CT molecular complexity index is 367. The second-order valence-corrected chi connectivity index (χ2v) is 5.10. The van der Waals surface area contributed by atoms with Crippen LogP contribution in [0.5, 0.6) is 0 Å². The molecule has 1 heteroatoms. The molecule has 0 aliphatic carbocycles. The van der Waals surface area contributed by atoms with Gasteiger partial charge in [-0.05, 0) is 51.3 Å². The zero-order valence-corrected chi connectivity index (χ0v) is 10.9. The summed E-state index contributed by atoms with van der Waals surface area (Å²) in [5, 5.41) is 0. The predicted molar refractivity (Wildman–Crippen MR) is 71.5 cm³/mol. The number of hydrogen-bond acceptors (Lipinski definition) is 1. The molecule has 0 radical (unpaired) electrons. The van der Waals surface area contributed by atoms with Gasteiger partial charge in [-0.3, -0.25) is 0 Å². The van der Waals surface area contributed by atoms with Crippen LogP contribution in [0.2, 0.25) is 0 Å². The van der Waals surface area contributed by atoms with Gasteiger partial charge in [-0.25, -0.2) is 0 Å². The maximum atomic E-state index is 2.27. The highest BCUT2D eigenvalue weighted by molar-refractivity contribution is 7.13. The van der Waals surface area contributed by atoms with Gasteiger partial charge in [0.25, 0.3) is 0 Å². The summed E-state index contributed by atoms with van der Waals surface area (Å²) in [4.78, 5) is 2.80. The molecular formula is C14H20S. The van der Waals surface area contributed by atoms with Crippen molar-refractivity contribution in [3.8, 4) is 0 Å². The van der Waals surface area contributed by atoms with E-state index in [1.54, 1.807) is 0 Å². The maximum Gasteiger partial charge on any atom is 0.0299 e. The van der Waals surface area contributed by atoms with Crippen molar-refractivity contribution in [2.75, 3.05) is 0 Å². The molecule has 0 aliphatic rings. The lowest BCUT2D eigenvalue weighted by Gasteiger charge is -1.97. The quantitative estimate of drug-likeness (QED) is 0.617. The minimum Gasteiger partial charge on any atom is -0.141 e. The third-order valence-corrected chi connectivity index (χ3v) is 3.71. The van der Waals surface area contributed by atoms with Gasteiger partial charge in [-0.1, -0.05) is 24.6 Å². The Hall–Kier alpha value is -0.820. The largest absolute Gasteiger partial charge is 0.141 e. The third kappa shape index (κ3) is 3.67. The topological polar surface area (TPSA) is 0 Å².